The molecule has 0 atom stereocenters. The third-order valence-corrected chi connectivity index (χ3v) is 5.95. The number of anilines is 2. The molecule has 21 heavy (non-hydrogen) atoms. The van der Waals surface area contributed by atoms with Gasteiger partial charge >= 0.3 is 0 Å². The zero-order chi connectivity index (χ0) is 15.8. The first-order chi connectivity index (χ1) is 9.72. The number of aryl methyl sites for hydroxylation is 1. The fraction of sp³-hybridized carbons (Fsp3) is 0.0769. The van der Waals surface area contributed by atoms with Crippen LogP contribution < -0.4 is 10.5 Å². The lowest BCUT2D eigenvalue weighted by Gasteiger charge is -2.13. The first kappa shape index (κ1) is 16.3. The van der Waals surface area contributed by atoms with Crippen molar-refractivity contribution < 1.29 is 12.8 Å². The van der Waals surface area contributed by atoms with Crippen LogP contribution in [0.2, 0.25) is 0 Å². The van der Waals surface area contributed by atoms with Gasteiger partial charge in [0, 0.05) is 8.95 Å². The number of rotatable bonds is 3. The molecule has 0 aliphatic heterocycles. The molecule has 0 saturated carbocycles. The molecule has 0 fully saturated rings. The standard InChI is InChI=1S/C13H11Br2FN2O2S/c1-7-5-9(15)12(6-8(7)14)21(19,20)18-13-10(16)3-2-4-11(13)17/h2-6,18H,17H2,1H3. The fourth-order valence-electron chi connectivity index (χ4n) is 1.67. The highest BCUT2D eigenvalue weighted by atomic mass is 79.9. The maximum atomic E-state index is 13.7. The van der Waals surface area contributed by atoms with Crippen LogP contribution in [0.15, 0.2) is 44.2 Å². The molecule has 0 heterocycles. The van der Waals surface area contributed by atoms with E-state index in [2.05, 4.69) is 36.6 Å². The van der Waals surface area contributed by atoms with E-state index < -0.39 is 15.8 Å². The number of hydrogen-bond acceptors (Lipinski definition) is 3. The number of sulfonamides is 1. The van der Waals surface area contributed by atoms with Crippen molar-refractivity contribution in [2.24, 2.45) is 0 Å². The van der Waals surface area contributed by atoms with Gasteiger partial charge in [-0.15, -0.1) is 0 Å². The Kier molecular flexibility index (Phi) is 4.60. The molecular weight excluding hydrogens is 427 g/mol. The molecule has 0 unspecified atom stereocenters. The molecule has 0 radical (unpaired) electrons. The molecule has 112 valence electrons. The molecule has 0 saturated heterocycles. The van der Waals surface area contributed by atoms with Crippen LogP contribution in [0, 0.1) is 12.7 Å². The Bertz CT molecular complexity index is 790. The van der Waals surface area contributed by atoms with Crippen molar-refractivity contribution in [1.82, 2.24) is 0 Å². The maximum Gasteiger partial charge on any atom is 0.263 e. The van der Waals surface area contributed by atoms with Crippen LogP contribution in [-0.4, -0.2) is 8.42 Å². The van der Waals surface area contributed by atoms with E-state index in [1.54, 1.807) is 6.07 Å². The lowest BCUT2D eigenvalue weighted by Crippen LogP contribution is -2.16. The van der Waals surface area contributed by atoms with E-state index >= 15 is 0 Å². The Labute approximate surface area is 138 Å². The number of nitrogen functional groups attached to an aromatic ring is 1. The molecule has 2 aromatic carbocycles. The molecule has 0 aliphatic carbocycles. The molecular formula is C13H11Br2FN2O2S. The molecule has 0 bridgehead atoms. The average Bonchev–Trinajstić information content (AvgIpc) is 2.38. The molecule has 2 rings (SSSR count). The highest BCUT2D eigenvalue weighted by Gasteiger charge is 2.21. The largest absolute Gasteiger partial charge is 0.397 e. The van der Waals surface area contributed by atoms with E-state index in [0.29, 0.717) is 8.95 Å². The Morgan fingerprint density at radius 1 is 1.19 bits per heavy atom. The van der Waals surface area contributed by atoms with Gasteiger partial charge in [-0.3, -0.25) is 4.72 Å². The Morgan fingerprint density at radius 2 is 1.86 bits per heavy atom. The topological polar surface area (TPSA) is 72.2 Å². The lowest BCUT2D eigenvalue weighted by atomic mass is 10.2. The van der Waals surface area contributed by atoms with E-state index in [1.807, 2.05) is 6.92 Å². The van der Waals surface area contributed by atoms with E-state index in [-0.39, 0.29) is 16.3 Å². The van der Waals surface area contributed by atoms with Crippen molar-refractivity contribution in [2.75, 3.05) is 10.5 Å². The van der Waals surface area contributed by atoms with Crippen molar-refractivity contribution in [2.45, 2.75) is 11.8 Å². The molecule has 4 nitrogen and oxygen atoms in total. The molecule has 0 spiro atoms. The van der Waals surface area contributed by atoms with Crippen molar-refractivity contribution in [1.29, 1.82) is 0 Å². The fourth-order valence-corrected chi connectivity index (χ4v) is 4.45. The van der Waals surface area contributed by atoms with E-state index in [0.717, 1.165) is 11.6 Å². The third kappa shape index (κ3) is 3.38. The van der Waals surface area contributed by atoms with Gasteiger partial charge < -0.3 is 5.73 Å². The maximum absolute atomic E-state index is 13.7. The number of benzene rings is 2. The second kappa shape index (κ2) is 5.94. The minimum atomic E-state index is -3.98. The highest BCUT2D eigenvalue weighted by molar-refractivity contribution is 9.11. The summed E-state index contributed by atoms with van der Waals surface area (Å²) in [5.41, 5.74) is 6.23. The van der Waals surface area contributed by atoms with Crippen LogP contribution in [0.5, 0.6) is 0 Å². The molecule has 0 amide bonds. The minimum absolute atomic E-state index is 0.0115. The monoisotopic (exact) mass is 436 g/mol. The van der Waals surface area contributed by atoms with Crippen LogP contribution in [-0.2, 0) is 10.0 Å². The Morgan fingerprint density at radius 3 is 2.48 bits per heavy atom. The zero-order valence-electron chi connectivity index (χ0n) is 10.8. The quantitative estimate of drug-likeness (QED) is 0.711. The van der Waals surface area contributed by atoms with Crippen molar-refractivity contribution in [3.8, 4) is 0 Å². The van der Waals surface area contributed by atoms with E-state index in [9.17, 15) is 12.8 Å². The minimum Gasteiger partial charge on any atom is -0.397 e. The number of hydrogen-bond donors (Lipinski definition) is 2. The Hall–Kier alpha value is -1.12. The highest BCUT2D eigenvalue weighted by Crippen LogP contribution is 2.31. The van der Waals surface area contributed by atoms with Gasteiger partial charge in [0.25, 0.3) is 10.0 Å². The molecule has 2 aromatic rings. The number of nitrogens with two attached hydrogens (primary N) is 1. The van der Waals surface area contributed by atoms with Crippen LogP contribution >= 0.6 is 31.9 Å². The van der Waals surface area contributed by atoms with Gasteiger partial charge in [-0.25, -0.2) is 12.8 Å². The molecule has 0 aromatic heterocycles. The van der Waals surface area contributed by atoms with Gasteiger partial charge in [-0.2, -0.15) is 0 Å². The molecule has 0 aliphatic rings. The van der Waals surface area contributed by atoms with E-state index in [1.165, 1.54) is 18.2 Å². The summed E-state index contributed by atoms with van der Waals surface area (Å²) in [6.45, 7) is 1.83. The zero-order valence-corrected chi connectivity index (χ0v) is 14.8. The lowest BCUT2D eigenvalue weighted by molar-refractivity contribution is 0.598. The number of para-hydroxylation sites is 1. The van der Waals surface area contributed by atoms with Crippen LogP contribution in [0.3, 0.4) is 0 Å². The van der Waals surface area contributed by atoms with Crippen LogP contribution in [0.25, 0.3) is 0 Å². The van der Waals surface area contributed by atoms with Gasteiger partial charge in [0.15, 0.2) is 0 Å². The molecule has 3 N–H and O–H groups in total. The van der Waals surface area contributed by atoms with Gasteiger partial charge in [0.05, 0.1) is 5.69 Å². The summed E-state index contributed by atoms with van der Waals surface area (Å²) in [4.78, 5) is -0.0115. The smallest absolute Gasteiger partial charge is 0.263 e. The summed E-state index contributed by atoms with van der Waals surface area (Å²) >= 11 is 6.48. The summed E-state index contributed by atoms with van der Waals surface area (Å²) in [5, 5.41) is 0. The third-order valence-electron chi connectivity index (χ3n) is 2.78. The summed E-state index contributed by atoms with van der Waals surface area (Å²) in [5.74, 6) is -0.735. The van der Waals surface area contributed by atoms with Crippen molar-refractivity contribution in [3.05, 3.63) is 50.7 Å². The predicted molar refractivity (Wildman–Crippen MR) is 88.2 cm³/mol. The first-order valence-electron chi connectivity index (χ1n) is 5.75. The van der Waals surface area contributed by atoms with Crippen LogP contribution in [0.4, 0.5) is 15.8 Å². The normalized spacial score (nSPS) is 11.4. The van der Waals surface area contributed by atoms with Gasteiger partial charge in [-0.1, -0.05) is 22.0 Å². The molecule has 8 heteroatoms. The summed E-state index contributed by atoms with van der Waals surface area (Å²) < 4.78 is 41.7. The first-order valence-corrected chi connectivity index (χ1v) is 8.82. The van der Waals surface area contributed by atoms with Gasteiger partial charge in [0.1, 0.15) is 16.4 Å². The second-order valence-corrected chi connectivity index (χ2v) is 7.70. The van der Waals surface area contributed by atoms with Gasteiger partial charge in [0.2, 0.25) is 0 Å². The van der Waals surface area contributed by atoms with Crippen molar-refractivity contribution in [3.63, 3.8) is 0 Å². The average molecular weight is 438 g/mol. The summed E-state index contributed by atoms with van der Waals surface area (Å²) in [6, 6.07) is 7.05. The summed E-state index contributed by atoms with van der Waals surface area (Å²) in [7, 11) is -3.98. The summed E-state index contributed by atoms with van der Waals surface area (Å²) in [6.07, 6.45) is 0. The SMILES string of the molecule is Cc1cc(Br)c(S(=O)(=O)Nc2c(N)cccc2F)cc1Br. The van der Waals surface area contributed by atoms with Crippen LogP contribution in [0.1, 0.15) is 5.56 Å². The second-order valence-electron chi connectivity index (χ2n) is 4.34. The number of nitrogens with one attached hydrogen (secondary N) is 1. The van der Waals surface area contributed by atoms with Crippen molar-refractivity contribution >= 4 is 53.3 Å². The predicted octanol–water partition coefficient (Wildman–Crippen LogP) is 4.04. The van der Waals surface area contributed by atoms with E-state index in [4.69, 9.17) is 5.73 Å². The Balaban J connectivity index is 2.51. The number of halogens is 3. The van der Waals surface area contributed by atoms with Gasteiger partial charge in [-0.05, 0) is 52.7 Å².